The van der Waals surface area contributed by atoms with Crippen molar-refractivity contribution in [3.05, 3.63) is 65.0 Å². The van der Waals surface area contributed by atoms with Crippen LogP contribution >= 0.6 is 11.3 Å². The summed E-state index contributed by atoms with van der Waals surface area (Å²) in [7, 11) is -3.78. The van der Waals surface area contributed by atoms with Gasteiger partial charge in [-0.3, -0.25) is 4.79 Å². The maximum Gasteiger partial charge on any atom is 0.341 e. The number of fused-ring (bicyclic) bond motifs is 1. The van der Waals surface area contributed by atoms with Gasteiger partial charge in [-0.25, -0.2) is 18.4 Å². The van der Waals surface area contributed by atoms with Gasteiger partial charge in [-0.15, -0.1) is 11.3 Å². The number of amides is 1. The molecular formula is C23H23N3O5S2. The van der Waals surface area contributed by atoms with Crippen molar-refractivity contribution in [3.8, 4) is 11.1 Å². The summed E-state index contributed by atoms with van der Waals surface area (Å²) in [4.78, 5) is 27.5. The zero-order valence-electron chi connectivity index (χ0n) is 17.9. The number of nitrogens with zero attached hydrogens (tertiary/aromatic N) is 1. The van der Waals surface area contributed by atoms with Crippen molar-refractivity contribution < 1.29 is 22.7 Å². The van der Waals surface area contributed by atoms with Crippen LogP contribution in [0.25, 0.3) is 11.1 Å². The predicted octanol–water partition coefficient (Wildman–Crippen LogP) is 3.24. The summed E-state index contributed by atoms with van der Waals surface area (Å²) in [6.07, 6.45) is 0.608. The second kappa shape index (κ2) is 9.34. The first-order valence-corrected chi connectivity index (χ1v) is 12.7. The van der Waals surface area contributed by atoms with Crippen LogP contribution in [0.15, 0.2) is 58.8 Å². The van der Waals surface area contributed by atoms with E-state index in [0.717, 1.165) is 16.8 Å². The van der Waals surface area contributed by atoms with Crippen LogP contribution < -0.4 is 15.4 Å². The van der Waals surface area contributed by atoms with Crippen molar-refractivity contribution in [2.24, 2.45) is 5.14 Å². The standard InChI is InChI=1S/C23H23N3O5S2/c1-2-31-23(28)21-18(15-6-4-3-5-7-15)14-32-22(21)25-20(27)13-26-11-10-16-12-17(33(24,29)30)8-9-19(16)26/h3-9,12,14H,2,10-11,13H2,1H3,(H,25,27)(H2,24,29,30). The molecule has 1 aliphatic rings. The lowest BCUT2D eigenvalue weighted by atomic mass is 10.0. The molecule has 0 unspecified atom stereocenters. The zero-order chi connectivity index (χ0) is 23.6. The summed E-state index contributed by atoms with van der Waals surface area (Å²) in [5.41, 5.74) is 3.51. The van der Waals surface area contributed by atoms with Crippen LogP contribution in [0, 0.1) is 0 Å². The number of rotatable bonds is 7. The van der Waals surface area contributed by atoms with Gasteiger partial charge in [-0.05, 0) is 42.7 Å². The fourth-order valence-corrected chi connectivity index (χ4v) is 5.35. The van der Waals surface area contributed by atoms with Gasteiger partial charge in [0.05, 0.1) is 18.0 Å². The van der Waals surface area contributed by atoms with Gasteiger partial charge in [0.15, 0.2) is 0 Å². The van der Waals surface area contributed by atoms with Crippen molar-refractivity contribution in [1.82, 2.24) is 0 Å². The number of ether oxygens (including phenoxy) is 1. The molecule has 0 saturated carbocycles. The van der Waals surface area contributed by atoms with Crippen molar-refractivity contribution >= 4 is 43.9 Å². The summed E-state index contributed by atoms with van der Waals surface area (Å²) < 4.78 is 28.4. The second-order valence-corrected chi connectivity index (χ2v) is 9.94. The Kier molecular flexibility index (Phi) is 6.50. The minimum Gasteiger partial charge on any atom is -0.462 e. The van der Waals surface area contributed by atoms with Crippen LogP contribution in [0.2, 0.25) is 0 Å². The van der Waals surface area contributed by atoms with Crippen molar-refractivity contribution in [3.63, 3.8) is 0 Å². The number of carbonyl (C=O) groups excluding carboxylic acids is 2. The summed E-state index contributed by atoms with van der Waals surface area (Å²) >= 11 is 1.27. The lowest BCUT2D eigenvalue weighted by Gasteiger charge is -2.19. The molecular weight excluding hydrogens is 462 g/mol. The number of hydrogen-bond donors (Lipinski definition) is 2. The van der Waals surface area contributed by atoms with Crippen molar-refractivity contribution in [1.29, 1.82) is 0 Å². The van der Waals surface area contributed by atoms with E-state index in [1.807, 2.05) is 40.6 Å². The smallest absolute Gasteiger partial charge is 0.341 e. The molecule has 0 aliphatic carbocycles. The molecule has 2 heterocycles. The summed E-state index contributed by atoms with van der Waals surface area (Å²) in [5, 5.41) is 10.3. The Morgan fingerprint density at radius 2 is 1.94 bits per heavy atom. The van der Waals surface area contributed by atoms with Crippen molar-refractivity contribution in [2.45, 2.75) is 18.2 Å². The first-order chi connectivity index (χ1) is 15.8. The van der Waals surface area contributed by atoms with Gasteiger partial charge >= 0.3 is 5.97 Å². The molecule has 0 atom stereocenters. The lowest BCUT2D eigenvalue weighted by molar-refractivity contribution is -0.114. The van der Waals surface area contributed by atoms with Crippen LogP contribution in [0.4, 0.5) is 10.7 Å². The highest BCUT2D eigenvalue weighted by molar-refractivity contribution is 7.89. The highest BCUT2D eigenvalue weighted by Gasteiger charge is 2.26. The quantitative estimate of drug-likeness (QED) is 0.496. The minimum atomic E-state index is -3.78. The van der Waals surface area contributed by atoms with Crippen LogP contribution in [0.1, 0.15) is 22.8 Å². The van der Waals surface area contributed by atoms with E-state index in [2.05, 4.69) is 5.32 Å². The normalized spacial score (nSPS) is 13.0. The molecule has 172 valence electrons. The van der Waals surface area contributed by atoms with E-state index in [9.17, 15) is 18.0 Å². The van der Waals surface area contributed by atoms with E-state index in [-0.39, 0.29) is 24.0 Å². The van der Waals surface area contributed by atoms with E-state index in [0.29, 0.717) is 29.1 Å². The average Bonchev–Trinajstić information content (AvgIpc) is 3.38. The molecule has 2 aromatic carbocycles. The Morgan fingerprint density at radius 3 is 2.64 bits per heavy atom. The Morgan fingerprint density at radius 1 is 1.18 bits per heavy atom. The van der Waals surface area contributed by atoms with Crippen LogP contribution in [-0.4, -0.2) is 40.0 Å². The molecule has 3 aromatic rings. The predicted molar refractivity (Wildman–Crippen MR) is 128 cm³/mol. The van der Waals surface area contributed by atoms with Gasteiger partial charge in [0.1, 0.15) is 10.6 Å². The van der Waals surface area contributed by atoms with Crippen LogP contribution in [-0.2, 0) is 26.0 Å². The molecule has 0 fully saturated rings. The molecule has 33 heavy (non-hydrogen) atoms. The van der Waals surface area contributed by atoms with E-state index in [4.69, 9.17) is 9.88 Å². The largest absolute Gasteiger partial charge is 0.462 e. The maximum absolute atomic E-state index is 12.9. The number of nitrogens with one attached hydrogen (secondary N) is 1. The van der Waals surface area contributed by atoms with Crippen LogP contribution in [0.3, 0.4) is 0 Å². The number of esters is 1. The molecule has 0 radical (unpaired) electrons. The first kappa shape index (κ1) is 23.0. The molecule has 0 spiro atoms. The molecule has 3 N–H and O–H groups in total. The molecule has 10 heteroatoms. The molecule has 4 rings (SSSR count). The summed E-state index contributed by atoms with van der Waals surface area (Å²) in [6, 6.07) is 14.1. The van der Waals surface area contributed by atoms with Crippen LogP contribution in [0.5, 0.6) is 0 Å². The topological polar surface area (TPSA) is 119 Å². The number of sulfonamides is 1. The summed E-state index contributed by atoms with van der Waals surface area (Å²) in [6.45, 7) is 2.59. The Labute approximate surface area is 196 Å². The Bertz CT molecular complexity index is 1300. The number of carbonyl (C=O) groups is 2. The monoisotopic (exact) mass is 485 g/mol. The lowest BCUT2D eigenvalue weighted by Crippen LogP contribution is -2.32. The number of benzene rings is 2. The molecule has 0 saturated heterocycles. The number of hydrogen-bond acceptors (Lipinski definition) is 7. The Hall–Kier alpha value is -3.21. The number of primary sulfonamides is 1. The molecule has 1 aliphatic heterocycles. The van der Waals surface area contributed by atoms with E-state index in [1.165, 1.54) is 17.4 Å². The minimum absolute atomic E-state index is 0.0543. The first-order valence-electron chi connectivity index (χ1n) is 10.3. The number of anilines is 2. The van der Waals surface area contributed by atoms with E-state index in [1.54, 1.807) is 19.1 Å². The third-order valence-electron chi connectivity index (χ3n) is 5.31. The average molecular weight is 486 g/mol. The van der Waals surface area contributed by atoms with Gasteiger partial charge < -0.3 is 15.0 Å². The fraction of sp³-hybridized carbons (Fsp3) is 0.217. The van der Waals surface area contributed by atoms with Crippen molar-refractivity contribution in [2.75, 3.05) is 29.9 Å². The molecule has 1 aromatic heterocycles. The Balaban J connectivity index is 1.54. The SMILES string of the molecule is CCOC(=O)c1c(-c2ccccc2)csc1NC(=O)CN1CCc2cc(S(N)(=O)=O)ccc21. The highest BCUT2D eigenvalue weighted by atomic mass is 32.2. The molecule has 0 bridgehead atoms. The van der Waals surface area contributed by atoms with Gasteiger partial charge in [0, 0.05) is 23.2 Å². The fourth-order valence-electron chi connectivity index (χ4n) is 3.81. The second-order valence-electron chi connectivity index (χ2n) is 7.50. The maximum atomic E-state index is 12.9. The third-order valence-corrected chi connectivity index (χ3v) is 7.12. The van der Waals surface area contributed by atoms with Gasteiger partial charge in [0.25, 0.3) is 0 Å². The number of nitrogens with two attached hydrogens (primary N) is 1. The van der Waals surface area contributed by atoms with Gasteiger partial charge in [-0.2, -0.15) is 0 Å². The van der Waals surface area contributed by atoms with Gasteiger partial charge in [-0.1, -0.05) is 30.3 Å². The molecule has 8 nitrogen and oxygen atoms in total. The third kappa shape index (κ3) is 4.92. The van der Waals surface area contributed by atoms with E-state index >= 15 is 0 Å². The zero-order valence-corrected chi connectivity index (χ0v) is 19.5. The van der Waals surface area contributed by atoms with E-state index < -0.39 is 16.0 Å². The highest BCUT2D eigenvalue weighted by Crippen LogP contribution is 2.36. The van der Waals surface area contributed by atoms with Gasteiger partial charge in [0.2, 0.25) is 15.9 Å². The number of thiophene rings is 1. The molecule has 1 amide bonds. The summed E-state index contributed by atoms with van der Waals surface area (Å²) in [5.74, 6) is -0.777.